The number of aliphatic hydroxyl groups is 4. The van der Waals surface area contributed by atoms with Gasteiger partial charge in [-0.1, -0.05) is 0 Å². The molecule has 0 bridgehead atoms. The van der Waals surface area contributed by atoms with E-state index < -0.39 is 184 Å². The summed E-state index contributed by atoms with van der Waals surface area (Å²) in [6.45, 7) is -3.86. The molecule has 0 aromatic heterocycles. The molecule has 0 aliphatic rings. The van der Waals surface area contributed by atoms with Crippen LogP contribution >= 0.6 is 0 Å². The molecule has 12 amide bonds. The van der Waals surface area contributed by atoms with E-state index in [1.807, 2.05) is 16.0 Å². The van der Waals surface area contributed by atoms with Crippen molar-refractivity contribution in [2.24, 2.45) is 11.5 Å². The molecular formula is C37H64N16O18. The molecule has 8 atom stereocenters. The number of nitrogens with one attached hydrogen (secondary N) is 14. The van der Waals surface area contributed by atoms with E-state index >= 15 is 0 Å². The Balaban J connectivity index is 4.84. The Labute approximate surface area is 403 Å². The molecule has 0 aromatic carbocycles. The number of guanidine groups is 1. The third-order valence-electron chi connectivity index (χ3n) is 9.00. The molecule has 71 heavy (non-hydrogen) atoms. The molecule has 0 radical (unpaired) electrons. The summed E-state index contributed by atoms with van der Waals surface area (Å²) in [6.07, 6.45) is 0.0422. The van der Waals surface area contributed by atoms with Gasteiger partial charge in [-0.25, -0.2) is 4.79 Å². The Morgan fingerprint density at radius 2 is 0.761 bits per heavy atom. The number of carbonyl (C=O) groups is 13. The lowest BCUT2D eigenvalue weighted by atomic mass is 10.1. The Hall–Kier alpha value is -7.82. The molecule has 0 saturated heterocycles. The van der Waals surface area contributed by atoms with Crippen molar-refractivity contribution < 1.29 is 87.9 Å². The third-order valence-corrected chi connectivity index (χ3v) is 9.00. The van der Waals surface area contributed by atoms with E-state index in [1.165, 1.54) is 20.8 Å². The van der Waals surface area contributed by atoms with Gasteiger partial charge in [0.15, 0.2) is 5.96 Å². The molecule has 23 N–H and O–H groups in total. The SMILES string of the molecule is C[C@H](N)C(=O)N[C@@H](C)C(=O)N[C@@H](C)C(=O)NCC(=O)NCC(=O)N[C@@H](CO)C(=O)NCC(=O)NCC(=O)N[C@@H](CO)C(=O)N[C@@H](CO)C(=O)NCC(=O)N[C@@H](CO)C(=O)N[C@@H](CCCNC(=N)N)C(=O)O. The number of carboxylic acid groups (broad SMARTS) is 1. The van der Waals surface area contributed by atoms with Crippen molar-refractivity contribution in [3.05, 3.63) is 0 Å². The average Bonchev–Trinajstić information content (AvgIpc) is 3.32. The first-order valence-electron chi connectivity index (χ1n) is 21.3. The van der Waals surface area contributed by atoms with E-state index in [0.29, 0.717) is 0 Å². The third kappa shape index (κ3) is 26.5. The quantitative estimate of drug-likeness (QED) is 0.0165. The van der Waals surface area contributed by atoms with Crippen LogP contribution in [0.15, 0.2) is 0 Å². The highest BCUT2D eigenvalue weighted by molar-refractivity contribution is 5.97. The maximum absolute atomic E-state index is 12.7. The number of carbonyl (C=O) groups excluding carboxylic acids is 12. The van der Waals surface area contributed by atoms with E-state index in [1.54, 1.807) is 0 Å². The second-order valence-corrected chi connectivity index (χ2v) is 15.0. The molecule has 0 fully saturated rings. The summed E-state index contributed by atoms with van der Waals surface area (Å²) in [7, 11) is 0. The van der Waals surface area contributed by atoms with Crippen LogP contribution < -0.4 is 80.6 Å². The minimum Gasteiger partial charge on any atom is -0.480 e. The van der Waals surface area contributed by atoms with Gasteiger partial charge in [-0.15, -0.1) is 0 Å². The molecule has 0 aliphatic heterocycles. The van der Waals surface area contributed by atoms with Crippen LogP contribution in [0.5, 0.6) is 0 Å². The van der Waals surface area contributed by atoms with E-state index in [2.05, 4.69) is 53.2 Å². The number of rotatable bonds is 33. The van der Waals surface area contributed by atoms with Gasteiger partial charge in [-0.05, 0) is 33.6 Å². The van der Waals surface area contributed by atoms with Gasteiger partial charge in [0.05, 0.1) is 65.2 Å². The lowest BCUT2D eigenvalue weighted by Crippen LogP contribution is -2.58. The van der Waals surface area contributed by atoms with Crippen LogP contribution in [0, 0.1) is 5.41 Å². The van der Waals surface area contributed by atoms with Crippen LogP contribution in [0.4, 0.5) is 0 Å². The number of aliphatic hydroxyl groups excluding tert-OH is 4. The number of aliphatic carboxylic acids is 1. The summed E-state index contributed by atoms with van der Waals surface area (Å²) in [6, 6.07) is -11.4. The monoisotopic (exact) mass is 1020 g/mol. The average molecular weight is 1020 g/mol. The second-order valence-electron chi connectivity index (χ2n) is 15.0. The molecule has 0 aliphatic carbocycles. The predicted octanol–water partition coefficient (Wildman–Crippen LogP) is -13.3. The molecule has 0 spiro atoms. The molecule has 0 rings (SSSR count). The summed E-state index contributed by atoms with van der Waals surface area (Å²) in [5.74, 6) is -13.5. The van der Waals surface area contributed by atoms with Gasteiger partial charge in [0.2, 0.25) is 70.9 Å². The van der Waals surface area contributed by atoms with Gasteiger partial charge in [0.25, 0.3) is 0 Å². The Morgan fingerprint density at radius 1 is 0.423 bits per heavy atom. The summed E-state index contributed by atoms with van der Waals surface area (Å²) in [5.41, 5.74) is 10.6. The molecule has 34 heteroatoms. The highest BCUT2D eigenvalue weighted by atomic mass is 16.4. The molecule has 0 aromatic rings. The smallest absolute Gasteiger partial charge is 0.326 e. The Bertz CT molecular complexity index is 1920. The predicted molar refractivity (Wildman–Crippen MR) is 239 cm³/mol. The fourth-order valence-corrected chi connectivity index (χ4v) is 5.04. The second kappa shape index (κ2) is 33.6. The Morgan fingerprint density at radius 3 is 1.15 bits per heavy atom. The molecule has 34 nitrogen and oxygen atoms in total. The first-order valence-corrected chi connectivity index (χ1v) is 21.3. The van der Waals surface area contributed by atoms with Crippen molar-refractivity contribution in [1.29, 1.82) is 5.41 Å². The van der Waals surface area contributed by atoms with Gasteiger partial charge in [0, 0.05) is 6.54 Å². The number of amides is 12. The van der Waals surface area contributed by atoms with Gasteiger partial charge in [0.1, 0.15) is 42.3 Å². The maximum atomic E-state index is 12.7. The number of nitrogens with two attached hydrogens (primary N) is 2. The van der Waals surface area contributed by atoms with Crippen LogP contribution in [0.2, 0.25) is 0 Å². The number of hydrogen-bond donors (Lipinski definition) is 21. The van der Waals surface area contributed by atoms with Crippen molar-refractivity contribution in [2.75, 3.05) is 65.7 Å². The number of carboxylic acids is 1. The zero-order valence-corrected chi connectivity index (χ0v) is 38.8. The fourth-order valence-electron chi connectivity index (χ4n) is 5.04. The zero-order chi connectivity index (χ0) is 54.4. The zero-order valence-electron chi connectivity index (χ0n) is 38.8. The van der Waals surface area contributed by atoms with Gasteiger partial charge < -0.3 is 106 Å². The summed E-state index contributed by atoms with van der Waals surface area (Å²) in [5, 5.41) is 83.0. The molecule has 0 unspecified atom stereocenters. The van der Waals surface area contributed by atoms with Crippen LogP contribution in [0.25, 0.3) is 0 Å². The van der Waals surface area contributed by atoms with Gasteiger partial charge in [-0.3, -0.25) is 62.9 Å². The van der Waals surface area contributed by atoms with E-state index in [-0.39, 0.29) is 25.3 Å². The largest absolute Gasteiger partial charge is 0.480 e. The van der Waals surface area contributed by atoms with Crippen molar-refractivity contribution in [1.82, 2.24) is 69.1 Å². The summed E-state index contributed by atoms with van der Waals surface area (Å²) in [4.78, 5) is 160. The first-order chi connectivity index (χ1) is 33.3. The highest BCUT2D eigenvalue weighted by Gasteiger charge is 2.29. The van der Waals surface area contributed by atoms with Crippen molar-refractivity contribution >= 4 is 82.8 Å². The summed E-state index contributed by atoms with van der Waals surface area (Å²) < 4.78 is 0. The maximum Gasteiger partial charge on any atom is 0.326 e. The van der Waals surface area contributed by atoms with Crippen LogP contribution in [-0.2, 0) is 62.3 Å². The van der Waals surface area contributed by atoms with Crippen molar-refractivity contribution in [2.45, 2.75) is 81.9 Å². The normalized spacial score (nSPS) is 13.9. The van der Waals surface area contributed by atoms with Crippen molar-refractivity contribution in [3.63, 3.8) is 0 Å². The standard InChI is InChI=1S/C37H64N16O18/c1-16(38)29(63)47-18(3)31(65)48-17(2)30(64)44-7-24(58)42-9-26(60)49-20(12-54)32(66)45-8-25(59)43-10-27(61)50-23(15-57)35(69)53-21(13-55)33(67)46-11-28(62)51-22(14-56)34(68)52-19(36(70)71)5-4-6-41-37(39)40/h16-23,54-57H,4-15,38H2,1-3H3,(H,42,58)(H,43,59)(H,44,64)(H,45,66)(H,46,67)(H,47,63)(H,48,65)(H,49,60)(H,50,61)(H,51,62)(H,52,68)(H,53,69)(H,70,71)(H4,39,40,41)/t16-,17-,18-,19-,20-,21-,22-,23-/m0/s1. The van der Waals surface area contributed by atoms with E-state index in [4.69, 9.17) is 16.9 Å². The fraction of sp³-hybridized carbons (Fsp3) is 0.622. The lowest BCUT2D eigenvalue weighted by Gasteiger charge is -2.22. The van der Waals surface area contributed by atoms with Gasteiger partial charge >= 0.3 is 5.97 Å². The molecule has 400 valence electrons. The van der Waals surface area contributed by atoms with Crippen molar-refractivity contribution in [3.8, 4) is 0 Å². The Kier molecular flexibility index (Phi) is 29.9. The number of hydrogen-bond acceptors (Lipinski definition) is 19. The topological polar surface area (TPSA) is 555 Å². The van der Waals surface area contributed by atoms with E-state index in [0.717, 1.165) is 0 Å². The summed E-state index contributed by atoms with van der Waals surface area (Å²) >= 11 is 0. The highest BCUT2D eigenvalue weighted by Crippen LogP contribution is 1.99. The minimum atomic E-state index is -1.78. The lowest BCUT2D eigenvalue weighted by molar-refractivity contribution is -0.142. The van der Waals surface area contributed by atoms with Gasteiger partial charge in [-0.2, -0.15) is 0 Å². The van der Waals surface area contributed by atoms with Crippen LogP contribution in [0.3, 0.4) is 0 Å². The van der Waals surface area contributed by atoms with Crippen LogP contribution in [0.1, 0.15) is 33.6 Å². The molecular weight excluding hydrogens is 957 g/mol. The first kappa shape index (κ1) is 63.2. The van der Waals surface area contributed by atoms with Crippen LogP contribution in [-0.4, -0.2) is 222 Å². The molecule has 0 heterocycles. The minimum absolute atomic E-state index is 0.116. The molecule has 0 saturated carbocycles. The van der Waals surface area contributed by atoms with E-state index in [9.17, 15) is 87.9 Å².